The highest BCUT2D eigenvalue weighted by atomic mass is 16.4. The van der Waals surface area contributed by atoms with E-state index in [0.717, 1.165) is 31.8 Å². The number of nitrogens with zero attached hydrogens (tertiary/aromatic N) is 4. The fourth-order valence-corrected chi connectivity index (χ4v) is 1.61. The van der Waals surface area contributed by atoms with Crippen molar-refractivity contribution >= 4 is 5.84 Å². The molecule has 0 fully saturated rings. The van der Waals surface area contributed by atoms with E-state index in [9.17, 15) is 0 Å². The number of amidine groups is 1. The Hall–Kier alpha value is -1.56. The zero-order valence-corrected chi connectivity index (χ0v) is 10.5. The van der Waals surface area contributed by atoms with Gasteiger partial charge in [0.25, 0.3) is 0 Å². The lowest BCUT2D eigenvalue weighted by Gasteiger charge is -2.15. The zero-order chi connectivity index (χ0) is 12.7. The van der Waals surface area contributed by atoms with Crippen LogP contribution < -0.4 is 5.73 Å². The summed E-state index contributed by atoms with van der Waals surface area (Å²) >= 11 is 0. The van der Waals surface area contributed by atoms with Crippen LogP contribution in [0.1, 0.15) is 25.1 Å². The Kier molecular flexibility index (Phi) is 5.48. The van der Waals surface area contributed by atoms with Crippen molar-refractivity contribution in [1.29, 1.82) is 0 Å². The Balaban J connectivity index is 2.18. The van der Waals surface area contributed by atoms with Crippen LogP contribution in [-0.2, 0) is 13.6 Å². The molecule has 0 radical (unpaired) electrons. The third-order valence-electron chi connectivity index (χ3n) is 2.68. The maximum absolute atomic E-state index is 8.39. The normalized spacial score (nSPS) is 12.3. The van der Waals surface area contributed by atoms with E-state index in [1.165, 1.54) is 0 Å². The molecular formula is C11H21N5O. The van der Waals surface area contributed by atoms with E-state index in [1.807, 2.05) is 24.0 Å². The number of oxime groups is 1. The van der Waals surface area contributed by atoms with Gasteiger partial charge < -0.3 is 15.5 Å². The Labute approximate surface area is 102 Å². The lowest BCUT2D eigenvalue weighted by molar-refractivity contribution is 0.305. The highest BCUT2D eigenvalue weighted by Gasteiger charge is 2.04. The van der Waals surface area contributed by atoms with E-state index in [0.29, 0.717) is 12.3 Å². The molecule has 0 spiro atoms. The van der Waals surface area contributed by atoms with Gasteiger partial charge in [-0.05, 0) is 26.4 Å². The van der Waals surface area contributed by atoms with Gasteiger partial charge in [-0.1, -0.05) is 5.16 Å². The SMILES string of the molecule is CN(CCCC/C(N)=N/O)Cc1nccn1C. The van der Waals surface area contributed by atoms with Crippen LogP contribution >= 0.6 is 0 Å². The van der Waals surface area contributed by atoms with E-state index < -0.39 is 0 Å². The first-order valence-electron chi connectivity index (χ1n) is 5.74. The van der Waals surface area contributed by atoms with Crippen LogP contribution in [-0.4, -0.2) is 39.1 Å². The van der Waals surface area contributed by atoms with Crippen molar-refractivity contribution in [2.75, 3.05) is 13.6 Å². The number of imidazole rings is 1. The Morgan fingerprint density at radius 2 is 2.35 bits per heavy atom. The second kappa shape index (κ2) is 6.90. The first-order valence-corrected chi connectivity index (χ1v) is 5.74. The summed E-state index contributed by atoms with van der Waals surface area (Å²) in [7, 11) is 4.06. The Morgan fingerprint density at radius 1 is 1.59 bits per heavy atom. The van der Waals surface area contributed by atoms with Gasteiger partial charge in [0.05, 0.1) is 6.54 Å². The van der Waals surface area contributed by atoms with Gasteiger partial charge in [-0.3, -0.25) is 4.90 Å². The largest absolute Gasteiger partial charge is 0.409 e. The number of hydrogen-bond donors (Lipinski definition) is 2. The van der Waals surface area contributed by atoms with Gasteiger partial charge in [-0.2, -0.15) is 0 Å². The van der Waals surface area contributed by atoms with E-state index in [2.05, 4.69) is 22.1 Å². The molecule has 96 valence electrons. The lowest BCUT2D eigenvalue weighted by atomic mass is 10.2. The van der Waals surface area contributed by atoms with Crippen molar-refractivity contribution in [3.05, 3.63) is 18.2 Å². The second-order valence-corrected chi connectivity index (χ2v) is 4.24. The van der Waals surface area contributed by atoms with Crippen molar-refractivity contribution in [1.82, 2.24) is 14.5 Å². The molecule has 1 aromatic rings. The van der Waals surface area contributed by atoms with E-state index in [1.54, 1.807) is 0 Å². The number of unbranched alkanes of at least 4 members (excludes halogenated alkanes) is 1. The third-order valence-corrected chi connectivity index (χ3v) is 2.68. The fourth-order valence-electron chi connectivity index (χ4n) is 1.61. The van der Waals surface area contributed by atoms with Gasteiger partial charge >= 0.3 is 0 Å². The number of rotatable bonds is 7. The van der Waals surface area contributed by atoms with Crippen molar-refractivity contribution < 1.29 is 5.21 Å². The monoisotopic (exact) mass is 239 g/mol. The van der Waals surface area contributed by atoms with Crippen molar-refractivity contribution in [3.63, 3.8) is 0 Å². The van der Waals surface area contributed by atoms with E-state index >= 15 is 0 Å². The second-order valence-electron chi connectivity index (χ2n) is 4.24. The maximum atomic E-state index is 8.39. The van der Waals surface area contributed by atoms with Crippen LogP contribution in [0, 0.1) is 0 Å². The van der Waals surface area contributed by atoms with Crippen LogP contribution in [0.5, 0.6) is 0 Å². The van der Waals surface area contributed by atoms with Gasteiger partial charge in [0, 0.05) is 25.9 Å². The van der Waals surface area contributed by atoms with E-state index in [4.69, 9.17) is 10.9 Å². The molecule has 0 aromatic carbocycles. The average Bonchev–Trinajstić information content (AvgIpc) is 2.70. The average molecular weight is 239 g/mol. The van der Waals surface area contributed by atoms with Gasteiger partial charge in [0.15, 0.2) is 0 Å². The molecule has 1 aromatic heterocycles. The Bertz CT molecular complexity index is 360. The summed E-state index contributed by atoms with van der Waals surface area (Å²) in [5.41, 5.74) is 5.39. The molecule has 0 bridgehead atoms. The first-order chi connectivity index (χ1) is 8.13. The van der Waals surface area contributed by atoms with Crippen LogP contribution in [0.25, 0.3) is 0 Å². The standard InChI is InChI=1S/C11H21N5O/c1-15(7-4-3-5-10(12)14-17)9-11-13-6-8-16(11)2/h6,8,17H,3-5,7,9H2,1-2H3,(H2,12,14). The van der Waals surface area contributed by atoms with Crippen LogP contribution in [0.4, 0.5) is 0 Å². The van der Waals surface area contributed by atoms with Gasteiger partial charge in [0.1, 0.15) is 11.7 Å². The first kappa shape index (κ1) is 13.5. The summed E-state index contributed by atoms with van der Waals surface area (Å²) in [6.07, 6.45) is 6.36. The third kappa shape index (κ3) is 4.86. The predicted molar refractivity (Wildman–Crippen MR) is 66.8 cm³/mol. The molecule has 17 heavy (non-hydrogen) atoms. The molecule has 0 amide bonds. The highest BCUT2D eigenvalue weighted by molar-refractivity contribution is 5.79. The molecule has 3 N–H and O–H groups in total. The lowest BCUT2D eigenvalue weighted by Crippen LogP contribution is -2.21. The molecule has 0 aliphatic heterocycles. The maximum Gasteiger partial charge on any atom is 0.139 e. The molecule has 0 atom stereocenters. The molecule has 1 rings (SSSR count). The minimum Gasteiger partial charge on any atom is -0.409 e. The molecule has 0 aliphatic carbocycles. The number of hydrogen-bond acceptors (Lipinski definition) is 4. The van der Waals surface area contributed by atoms with Gasteiger partial charge in [-0.15, -0.1) is 0 Å². The quantitative estimate of drug-likeness (QED) is 0.242. The summed E-state index contributed by atoms with van der Waals surface area (Å²) in [4.78, 5) is 6.49. The van der Waals surface area contributed by atoms with Crippen LogP contribution in [0.3, 0.4) is 0 Å². The summed E-state index contributed by atoms with van der Waals surface area (Å²) in [5, 5.41) is 11.3. The molecule has 1 heterocycles. The molecule has 0 saturated carbocycles. The highest BCUT2D eigenvalue weighted by Crippen LogP contribution is 2.02. The van der Waals surface area contributed by atoms with Crippen LogP contribution in [0.2, 0.25) is 0 Å². The van der Waals surface area contributed by atoms with Crippen LogP contribution in [0.15, 0.2) is 17.5 Å². The smallest absolute Gasteiger partial charge is 0.139 e. The minimum atomic E-state index is 0.303. The van der Waals surface area contributed by atoms with E-state index in [-0.39, 0.29) is 0 Å². The topological polar surface area (TPSA) is 79.7 Å². The molecular weight excluding hydrogens is 218 g/mol. The minimum absolute atomic E-state index is 0.303. The number of nitrogens with two attached hydrogens (primary N) is 1. The summed E-state index contributed by atoms with van der Waals surface area (Å²) < 4.78 is 2.02. The molecule has 6 nitrogen and oxygen atoms in total. The molecule has 0 unspecified atom stereocenters. The molecule has 0 aliphatic rings. The number of aromatic nitrogens is 2. The van der Waals surface area contributed by atoms with Crippen molar-refractivity contribution in [2.45, 2.75) is 25.8 Å². The number of aryl methyl sites for hydroxylation is 1. The fraction of sp³-hybridized carbons (Fsp3) is 0.636. The predicted octanol–water partition coefficient (Wildman–Crippen LogP) is 0.769. The summed E-state index contributed by atoms with van der Waals surface area (Å²) in [5.74, 6) is 1.36. The summed E-state index contributed by atoms with van der Waals surface area (Å²) in [6.45, 7) is 1.82. The molecule has 0 saturated heterocycles. The van der Waals surface area contributed by atoms with Gasteiger partial charge in [0.2, 0.25) is 0 Å². The molecule has 6 heteroatoms. The summed E-state index contributed by atoms with van der Waals surface area (Å²) in [6, 6.07) is 0. The van der Waals surface area contributed by atoms with Gasteiger partial charge in [-0.25, -0.2) is 4.98 Å². The van der Waals surface area contributed by atoms with Crippen molar-refractivity contribution in [2.24, 2.45) is 17.9 Å². The van der Waals surface area contributed by atoms with Crippen molar-refractivity contribution in [3.8, 4) is 0 Å². The zero-order valence-electron chi connectivity index (χ0n) is 10.5. The Morgan fingerprint density at radius 3 is 2.94 bits per heavy atom.